The highest BCUT2D eigenvalue weighted by Crippen LogP contribution is 2.28. The molecule has 0 unspecified atom stereocenters. The van der Waals surface area contributed by atoms with Crippen LogP contribution in [0.25, 0.3) is 0 Å². The van der Waals surface area contributed by atoms with Crippen LogP contribution in [0.2, 0.25) is 0 Å². The van der Waals surface area contributed by atoms with Gasteiger partial charge in [0.2, 0.25) is 0 Å². The molecule has 1 aromatic rings. The van der Waals surface area contributed by atoms with Crippen LogP contribution in [0.5, 0.6) is 5.75 Å². The highest BCUT2D eigenvalue weighted by Gasteiger charge is 2.39. The van der Waals surface area contributed by atoms with Crippen molar-refractivity contribution in [3.8, 4) is 5.75 Å². The summed E-state index contributed by atoms with van der Waals surface area (Å²) >= 11 is 0. The molecular formula is C13H17F2NO2. The highest BCUT2D eigenvalue weighted by molar-refractivity contribution is 5.33. The molecule has 1 fully saturated rings. The van der Waals surface area contributed by atoms with Crippen LogP contribution in [0.4, 0.5) is 8.78 Å². The average molecular weight is 257 g/mol. The van der Waals surface area contributed by atoms with Gasteiger partial charge < -0.3 is 9.84 Å². The summed E-state index contributed by atoms with van der Waals surface area (Å²) in [5.74, 6) is 0.208. The molecule has 0 radical (unpaired) electrons. The average Bonchev–Trinajstić information content (AvgIpc) is 2.28. The third kappa shape index (κ3) is 2.97. The van der Waals surface area contributed by atoms with Crippen LogP contribution in [0.1, 0.15) is 18.9 Å². The molecule has 1 heterocycles. The van der Waals surface area contributed by atoms with E-state index >= 15 is 0 Å². The lowest BCUT2D eigenvalue weighted by molar-refractivity contribution is -0.104. The van der Waals surface area contributed by atoms with E-state index in [0.29, 0.717) is 26.1 Å². The van der Waals surface area contributed by atoms with Gasteiger partial charge in [0.15, 0.2) is 0 Å². The fourth-order valence-electron chi connectivity index (χ4n) is 2.21. The Bertz CT molecular complexity index is 406. The number of nitrogens with zero attached hydrogens (tertiary/aromatic N) is 1. The van der Waals surface area contributed by atoms with E-state index in [1.807, 2.05) is 11.8 Å². The number of β-amino-alcohol motifs (C(OH)–C–C–N with tert-alkyl or cyclic N) is 1. The van der Waals surface area contributed by atoms with E-state index < -0.39 is 12.2 Å². The second-order valence-corrected chi connectivity index (χ2v) is 4.71. The maximum absolute atomic E-state index is 12.2. The van der Waals surface area contributed by atoms with E-state index in [9.17, 15) is 13.9 Å². The fraction of sp³-hybridized carbons (Fsp3) is 0.538. The van der Waals surface area contributed by atoms with Crippen molar-refractivity contribution in [3.63, 3.8) is 0 Å². The number of halogens is 2. The van der Waals surface area contributed by atoms with E-state index in [1.54, 1.807) is 18.2 Å². The van der Waals surface area contributed by atoms with Gasteiger partial charge in [0.05, 0.1) is 5.60 Å². The van der Waals surface area contributed by atoms with Gasteiger partial charge in [-0.2, -0.15) is 8.78 Å². The summed E-state index contributed by atoms with van der Waals surface area (Å²) in [6, 6.07) is 6.76. The molecule has 1 saturated heterocycles. The van der Waals surface area contributed by atoms with Crippen molar-refractivity contribution in [2.75, 3.05) is 13.1 Å². The molecule has 0 bridgehead atoms. The molecule has 0 atom stereocenters. The Kier molecular flexibility index (Phi) is 3.82. The number of benzene rings is 1. The normalized spacial score (nSPS) is 18.7. The Hall–Kier alpha value is -1.20. The van der Waals surface area contributed by atoms with Gasteiger partial charge >= 0.3 is 6.61 Å². The maximum atomic E-state index is 12.2. The monoisotopic (exact) mass is 257 g/mol. The van der Waals surface area contributed by atoms with E-state index in [4.69, 9.17) is 0 Å². The first-order valence-electron chi connectivity index (χ1n) is 6.00. The molecule has 0 spiro atoms. The molecule has 18 heavy (non-hydrogen) atoms. The zero-order valence-corrected chi connectivity index (χ0v) is 10.3. The van der Waals surface area contributed by atoms with E-state index in [1.165, 1.54) is 6.07 Å². The zero-order chi connectivity index (χ0) is 13.2. The smallest absolute Gasteiger partial charge is 0.387 e. The first-order chi connectivity index (χ1) is 8.52. The third-order valence-electron chi connectivity index (χ3n) is 3.28. The van der Waals surface area contributed by atoms with Crippen LogP contribution in [0.3, 0.4) is 0 Å². The molecule has 1 aliphatic rings. The van der Waals surface area contributed by atoms with Gasteiger partial charge in [0, 0.05) is 25.2 Å². The van der Waals surface area contributed by atoms with Crippen molar-refractivity contribution in [2.24, 2.45) is 0 Å². The van der Waals surface area contributed by atoms with Crippen molar-refractivity contribution in [2.45, 2.75) is 32.1 Å². The van der Waals surface area contributed by atoms with Crippen LogP contribution in [0, 0.1) is 0 Å². The fourth-order valence-corrected chi connectivity index (χ4v) is 2.21. The molecule has 1 aromatic carbocycles. The SMILES string of the molecule is CCC1(O)CN(Cc2ccccc2OC(F)F)C1. The molecule has 3 nitrogen and oxygen atoms in total. The van der Waals surface area contributed by atoms with Crippen LogP contribution in [-0.2, 0) is 6.54 Å². The second kappa shape index (κ2) is 5.20. The first-order valence-corrected chi connectivity index (χ1v) is 6.00. The number of para-hydroxylation sites is 1. The van der Waals surface area contributed by atoms with Gasteiger partial charge in [-0.1, -0.05) is 25.1 Å². The molecule has 5 heteroatoms. The van der Waals surface area contributed by atoms with Gasteiger partial charge in [0.1, 0.15) is 5.75 Å². The van der Waals surface area contributed by atoms with Crippen molar-refractivity contribution in [1.29, 1.82) is 0 Å². The number of hydrogen-bond acceptors (Lipinski definition) is 3. The number of hydrogen-bond donors (Lipinski definition) is 1. The molecule has 2 rings (SSSR count). The Morgan fingerprint density at radius 1 is 1.39 bits per heavy atom. The predicted molar refractivity (Wildman–Crippen MR) is 63.6 cm³/mol. The Morgan fingerprint density at radius 3 is 2.67 bits per heavy atom. The predicted octanol–water partition coefficient (Wildman–Crippen LogP) is 2.24. The van der Waals surface area contributed by atoms with E-state index in [-0.39, 0.29) is 5.75 Å². The van der Waals surface area contributed by atoms with E-state index in [2.05, 4.69) is 4.74 Å². The number of rotatable bonds is 5. The maximum Gasteiger partial charge on any atom is 0.387 e. The number of likely N-dealkylation sites (tertiary alicyclic amines) is 1. The van der Waals surface area contributed by atoms with Gasteiger partial charge in [-0.25, -0.2) is 0 Å². The summed E-state index contributed by atoms with van der Waals surface area (Å²) in [6.07, 6.45) is 0.707. The minimum absolute atomic E-state index is 0.208. The van der Waals surface area contributed by atoms with Gasteiger partial charge in [-0.05, 0) is 12.5 Å². The van der Waals surface area contributed by atoms with Crippen LogP contribution < -0.4 is 4.74 Å². The standard InChI is InChI=1S/C13H17F2NO2/c1-2-13(17)8-16(9-13)7-10-5-3-4-6-11(10)18-12(14)15/h3-6,12,17H,2,7-9H2,1H3. The van der Waals surface area contributed by atoms with Crippen LogP contribution >= 0.6 is 0 Å². The first kappa shape index (κ1) is 13.2. The third-order valence-corrected chi connectivity index (χ3v) is 3.28. The second-order valence-electron chi connectivity index (χ2n) is 4.71. The van der Waals surface area contributed by atoms with Crippen molar-refractivity contribution >= 4 is 0 Å². The molecule has 100 valence electrons. The summed E-state index contributed by atoms with van der Waals surface area (Å²) in [6.45, 7) is 0.796. The summed E-state index contributed by atoms with van der Waals surface area (Å²) in [5, 5.41) is 9.89. The number of alkyl halides is 2. The van der Waals surface area contributed by atoms with Gasteiger partial charge in [0.25, 0.3) is 0 Å². The number of aliphatic hydroxyl groups is 1. The molecule has 0 saturated carbocycles. The van der Waals surface area contributed by atoms with Gasteiger partial charge in [-0.3, -0.25) is 4.90 Å². The van der Waals surface area contributed by atoms with Crippen LogP contribution in [-0.4, -0.2) is 35.3 Å². The Morgan fingerprint density at radius 2 is 2.06 bits per heavy atom. The van der Waals surface area contributed by atoms with Crippen LogP contribution in [0.15, 0.2) is 24.3 Å². The highest BCUT2D eigenvalue weighted by atomic mass is 19.3. The molecule has 1 N–H and O–H groups in total. The Labute approximate surface area is 105 Å². The van der Waals surface area contributed by atoms with Crippen molar-refractivity contribution in [1.82, 2.24) is 4.90 Å². The lowest BCUT2D eigenvalue weighted by atomic mass is 9.91. The minimum Gasteiger partial charge on any atom is -0.434 e. The van der Waals surface area contributed by atoms with Crippen molar-refractivity contribution in [3.05, 3.63) is 29.8 Å². The molecular weight excluding hydrogens is 240 g/mol. The zero-order valence-electron chi connectivity index (χ0n) is 10.3. The minimum atomic E-state index is -2.81. The lowest BCUT2D eigenvalue weighted by Crippen LogP contribution is -2.60. The molecule has 1 aliphatic heterocycles. The topological polar surface area (TPSA) is 32.7 Å². The quantitative estimate of drug-likeness (QED) is 0.878. The summed E-state index contributed by atoms with van der Waals surface area (Å²) in [5.41, 5.74) is 0.106. The summed E-state index contributed by atoms with van der Waals surface area (Å²) < 4.78 is 28.9. The number of ether oxygens (including phenoxy) is 1. The molecule has 0 aromatic heterocycles. The Balaban J connectivity index is 1.98. The summed E-state index contributed by atoms with van der Waals surface area (Å²) in [4.78, 5) is 2.01. The lowest BCUT2D eigenvalue weighted by Gasteiger charge is -2.46. The molecule has 0 aliphatic carbocycles. The van der Waals surface area contributed by atoms with E-state index in [0.717, 1.165) is 5.56 Å². The molecule has 0 amide bonds. The summed E-state index contributed by atoms with van der Waals surface area (Å²) in [7, 11) is 0. The van der Waals surface area contributed by atoms with Gasteiger partial charge in [-0.15, -0.1) is 0 Å². The van der Waals surface area contributed by atoms with Crippen molar-refractivity contribution < 1.29 is 18.6 Å². The largest absolute Gasteiger partial charge is 0.434 e.